The smallest absolute Gasteiger partial charge is 0.000506 e. The van der Waals surface area contributed by atoms with Crippen LogP contribution in [0.5, 0.6) is 0 Å². The zero-order chi connectivity index (χ0) is 21.8. The van der Waals surface area contributed by atoms with E-state index in [1.807, 2.05) is 0 Å². The van der Waals surface area contributed by atoms with Crippen LogP contribution in [0.4, 0.5) is 0 Å². The topological polar surface area (TPSA) is 24.1 Å². The molecule has 0 saturated heterocycles. The van der Waals surface area contributed by atoms with Crippen molar-refractivity contribution in [2.24, 2.45) is 5.92 Å². The molecule has 0 radical (unpaired) electrons. The summed E-state index contributed by atoms with van der Waals surface area (Å²) in [5.41, 5.74) is 4.21. The van der Waals surface area contributed by atoms with Crippen LogP contribution in [-0.2, 0) is 19.3 Å². The SMILES string of the molecule is c1ccc(CCNCC(CNCCc2ccccc2)Cc2ccc3ccccc3c2)cc1. The molecular formula is C30H34N2. The summed E-state index contributed by atoms with van der Waals surface area (Å²) in [4.78, 5) is 0. The lowest BCUT2D eigenvalue weighted by Crippen LogP contribution is -2.34. The second-order valence-corrected chi connectivity index (χ2v) is 8.63. The Kier molecular flexibility index (Phi) is 8.48. The highest BCUT2D eigenvalue weighted by atomic mass is 14.9. The Morgan fingerprint density at radius 3 is 1.62 bits per heavy atom. The van der Waals surface area contributed by atoms with E-state index >= 15 is 0 Å². The van der Waals surface area contributed by atoms with Gasteiger partial charge in [0.15, 0.2) is 0 Å². The van der Waals surface area contributed by atoms with Crippen LogP contribution in [0.1, 0.15) is 16.7 Å². The van der Waals surface area contributed by atoms with Crippen LogP contribution in [0.15, 0.2) is 103 Å². The monoisotopic (exact) mass is 422 g/mol. The first-order valence-electron chi connectivity index (χ1n) is 11.8. The summed E-state index contributed by atoms with van der Waals surface area (Å²) in [5.74, 6) is 0.558. The molecule has 0 fully saturated rings. The molecule has 2 nitrogen and oxygen atoms in total. The molecule has 0 aromatic heterocycles. The molecule has 4 aromatic carbocycles. The molecule has 0 amide bonds. The normalized spacial score (nSPS) is 11.3. The van der Waals surface area contributed by atoms with Crippen LogP contribution in [0, 0.1) is 5.92 Å². The minimum absolute atomic E-state index is 0.558. The van der Waals surface area contributed by atoms with E-state index in [0.29, 0.717) is 5.92 Å². The lowest BCUT2D eigenvalue weighted by atomic mass is 9.96. The second-order valence-electron chi connectivity index (χ2n) is 8.63. The minimum atomic E-state index is 0.558. The molecule has 0 saturated carbocycles. The maximum atomic E-state index is 3.71. The summed E-state index contributed by atoms with van der Waals surface area (Å²) in [7, 11) is 0. The summed E-state index contributed by atoms with van der Waals surface area (Å²) in [6.45, 7) is 4.08. The molecule has 0 aliphatic carbocycles. The Morgan fingerprint density at radius 1 is 0.500 bits per heavy atom. The molecule has 2 heteroatoms. The van der Waals surface area contributed by atoms with Gasteiger partial charge in [-0.3, -0.25) is 0 Å². The van der Waals surface area contributed by atoms with Gasteiger partial charge < -0.3 is 10.6 Å². The zero-order valence-electron chi connectivity index (χ0n) is 18.8. The number of rotatable bonds is 12. The number of hydrogen-bond acceptors (Lipinski definition) is 2. The lowest BCUT2D eigenvalue weighted by molar-refractivity contribution is 0.442. The third-order valence-corrected chi connectivity index (χ3v) is 6.07. The highest BCUT2D eigenvalue weighted by Gasteiger charge is 2.10. The number of fused-ring (bicyclic) bond motifs is 1. The number of hydrogen-bond donors (Lipinski definition) is 2. The van der Waals surface area contributed by atoms with Crippen LogP contribution < -0.4 is 10.6 Å². The van der Waals surface area contributed by atoms with E-state index < -0.39 is 0 Å². The van der Waals surface area contributed by atoms with Gasteiger partial charge in [-0.15, -0.1) is 0 Å². The lowest BCUT2D eigenvalue weighted by Gasteiger charge is -2.19. The standard InChI is InChI=1S/C30H34N2/c1-3-9-25(10-4-1)17-19-31-23-28(24-32-20-18-26-11-5-2-6-12-26)21-27-15-16-29-13-7-8-14-30(29)22-27/h1-16,22,28,31-32H,17-21,23-24H2. The fourth-order valence-corrected chi connectivity index (χ4v) is 4.28. The van der Waals surface area contributed by atoms with E-state index in [1.54, 1.807) is 0 Å². The van der Waals surface area contributed by atoms with E-state index in [-0.39, 0.29) is 0 Å². The maximum Gasteiger partial charge on any atom is -0.000506 e. The van der Waals surface area contributed by atoms with Gasteiger partial charge in [0.25, 0.3) is 0 Å². The average molecular weight is 423 g/mol. The Balaban J connectivity index is 1.31. The van der Waals surface area contributed by atoms with Gasteiger partial charge in [-0.2, -0.15) is 0 Å². The Bertz CT molecular complexity index is 1010. The highest BCUT2D eigenvalue weighted by Crippen LogP contribution is 2.18. The first kappa shape index (κ1) is 22.3. The van der Waals surface area contributed by atoms with Crippen LogP contribution in [0.2, 0.25) is 0 Å². The predicted molar refractivity (Wildman–Crippen MR) is 137 cm³/mol. The van der Waals surface area contributed by atoms with Crippen molar-refractivity contribution >= 4 is 10.8 Å². The van der Waals surface area contributed by atoms with E-state index in [2.05, 4.69) is 114 Å². The molecule has 0 unspecified atom stereocenters. The summed E-state index contributed by atoms with van der Waals surface area (Å²) in [6, 6.07) is 37.0. The van der Waals surface area contributed by atoms with Crippen LogP contribution >= 0.6 is 0 Å². The van der Waals surface area contributed by atoms with E-state index in [4.69, 9.17) is 0 Å². The Labute approximate surface area is 192 Å². The largest absolute Gasteiger partial charge is 0.316 e. The quantitative estimate of drug-likeness (QED) is 0.288. The Hall–Kier alpha value is -2.94. The van der Waals surface area contributed by atoms with Crippen LogP contribution in [-0.4, -0.2) is 26.2 Å². The third kappa shape index (κ3) is 7.05. The molecule has 4 aromatic rings. The zero-order valence-corrected chi connectivity index (χ0v) is 18.8. The molecule has 164 valence electrons. The fraction of sp³-hybridized carbons (Fsp3) is 0.267. The van der Waals surface area contributed by atoms with Gasteiger partial charge in [0.05, 0.1) is 0 Å². The number of benzene rings is 4. The van der Waals surface area contributed by atoms with Crippen LogP contribution in [0.25, 0.3) is 10.8 Å². The van der Waals surface area contributed by atoms with Gasteiger partial charge in [0, 0.05) is 0 Å². The van der Waals surface area contributed by atoms with Crippen molar-refractivity contribution in [1.29, 1.82) is 0 Å². The molecule has 4 rings (SSSR count). The predicted octanol–water partition coefficient (Wildman–Crippen LogP) is 5.66. The molecule has 0 aliphatic heterocycles. The molecule has 0 aliphatic rings. The fourth-order valence-electron chi connectivity index (χ4n) is 4.28. The van der Waals surface area contributed by atoms with Gasteiger partial charge in [0.1, 0.15) is 0 Å². The first-order chi connectivity index (χ1) is 15.9. The number of nitrogens with one attached hydrogen (secondary N) is 2. The maximum absolute atomic E-state index is 3.71. The molecule has 0 bridgehead atoms. The van der Waals surface area contributed by atoms with Gasteiger partial charge in [0.2, 0.25) is 0 Å². The van der Waals surface area contributed by atoms with Crippen molar-refractivity contribution < 1.29 is 0 Å². The first-order valence-corrected chi connectivity index (χ1v) is 11.8. The second kappa shape index (κ2) is 12.2. The highest BCUT2D eigenvalue weighted by molar-refractivity contribution is 5.82. The summed E-state index contributed by atoms with van der Waals surface area (Å²) < 4.78 is 0. The molecule has 0 heterocycles. The van der Waals surface area contributed by atoms with Crippen molar-refractivity contribution in [2.45, 2.75) is 19.3 Å². The molecule has 0 atom stereocenters. The van der Waals surface area contributed by atoms with Crippen LogP contribution in [0.3, 0.4) is 0 Å². The third-order valence-electron chi connectivity index (χ3n) is 6.07. The average Bonchev–Trinajstić information content (AvgIpc) is 2.85. The van der Waals surface area contributed by atoms with Crippen molar-refractivity contribution in [2.75, 3.05) is 26.2 Å². The minimum Gasteiger partial charge on any atom is -0.316 e. The van der Waals surface area contributed by atoms with Gasteiger partial charge in [-0.25, -0.2) is 0 Å². The van der Waals surface area contributed by atoms with Gasteiger partial charge in [-0.1, -0.05) is 103 Å². The van der Waals surface area contributed by atoms with Crippen molar-refractivity contribution in [1.82, 2.24) is 10.6 Å². The van der Waals surface area contributed by atoms with Crippen molar-refractivity contribution in [3.05, 3.63) is 120 Å². The van der Waals surface area contributed by atoms with E-state index in [9.17, 15) is 0 Å². The van der Waals surface area contributed by atoms with Gasteiger partial charge >= 0.3 is 0 Å². The summed E-state index contributed by atoms with van der Waals surface area (Å²) in [5, 5.41) is 10.1. The molecule has 2 N–H and O–H groups in total. The summed E-state index contributed by atoms with van der Waals surface area (Å²) >= 11 is 0. The molecule has 32 heavy (non-hydrogen) atoms. The van der Waals surface area contributed by atoms with E-state index in [0.717, 1.165) is 45.4 Å². The molecular weight excluding hydrogens is 388 g/mol. The van der Waals surface area contributed by atoms with Crippen molar-refractivity contribution in [3.8, 4) is 0 Å². The Morgan fingerprint density at radius 2 is 1.03 bits per heavy atom. The van der Waals surface area contributed by atoms with E-state index in [1.165, 1.54) is 27.5 Å². The molecule has 0 spiro atoms. The van der Waals surface area contributed by atoms with Gasteiger partial charge in [-0.05, 0) is 78.8 Å². The van der Waals surface area contributed by atoms with Crippen molar-refractivity contribution in [3.63, 3.8) is 0 Å². The summed E-state index contributed by atoms with van der Waals surface area (Å²) in [6.07, 6.45) is 3.23.